The molecule has 1 N–H and O–H groups in total. The van der Waals surface area contributed by atoms with Crippen molar-refractivity contribution in [2.24, 2.45) is 0 Å². The van der Waals surface area contributed by atoms with Gasteiger partial charge in [-0.1, -0.05) is 33.8 Å². The zero-order chi connectivity index (χ0) is 18.5. The third kappa shape index (κ3) is 7.36. The quantitative estimate of drug-likeness (QED) is 0.697. The van der Waals surface area contributed by atoms with E-state index >= 15 is 0 Å². The van der Waals surface area contributed by atoms with E-state index in [1.807, 2.05) is 52.8 Å². The van der Waals surface area contributed by atoms with Gasteiger partial charge >= 0.3 is 0 Å². The number of amides is 1. The number of allylic oxidation sites excluding steroid dienone is 2. The van der Waals surface area contributed by atoms with Crippen molar-refractivity contribution >= 4 is 5.91 Å². The third-order valence-corrected chi connectivity index (χ3v) is 2.97. The van der Waals surface area contributed by atoms with Crippen molar-refractivity contribution < 1.29 is 14.3 Å². The lowest BCUT2D eigenvalue weighted by atomic mass is 10.1. The van der Waals surface area contributed by atoms with Crippen molar-refractivity contribution in [3.63, 3.8) is 0 Å². The Bertz CT molecular complexity index is 570. The summed E-state index contributed by atoms with van der Waals surface area (Å²) < 4.78 is 10.8. The molecule has 0 fully saturated rings. The fraction of sp³-hybridized carbons (Fsp3) is 0.450. The van der Waals surface area contributed by atoms with Crippen LogP contribution in [0.25, 0.3) is 0 Å². The average molecular weight is 333 g/mol. The zero-order valence-corrected chi connectivity index (χ0v) is 16.0. The molecule has 0 bridgehead atoms. The first-order valence-electron chi connectivity index (χ1n) is 8.50. The molecule has 0 aliphatic rings. The van der Waals surface area contributed by atoms with Crippen molar-refractivity contribution in [1.82, 2.24) is 5.32 Å². The number of carbonyl (C=O) groups excluding carboxylic acids is 1. The number of hydrogen-bond acceptors (Lipinski definition) is 3. The minimum atomic E-state index is -0.249. The summed E-state index contributed by atoms with van der Waals surface area (Å²) in [6.45, 7) is 11.9. The van der Waals surface area contributed by atoms with Crippen LogP contribution in [0.4, 0.5) is 0 Å². The molecule has 0 aromatic heterocycles. The number of rotatable bonds is 7. The summed E-state index contributed by atoms with van der Waals surface area (Å²) in [7, 11) is 1.56. The van der Waals surface area contributed by atoms with E-state index in [0.29, 0.717) is 17.2 Å². The lowest BCUT2D eigenvalue weighted by Gasteiger charge is -2.12. The van der Waals surface area contributed by atoms with Crippen LogP contribution >= 0.6 is 0 Å². The number of hydrogen-bond donors (Lipinski definition) is 1. The van der Waals surface area contributed by atoms with Crippen LogP contribution in [0.5, 0.6) is 5.75 Å². The molecule has 1 amide bonds. The number of nitrogens with one attached hydrogen (secondary N) is 1. The molecule has 0 atom stereocenters. The van der Waals surface area contributed by atoms with E-state index in [1.54, 1.807) is 19.4 Å². The zero-order valence-electron chi connectivity index (χ0n) is 16.0. The third-order valence-electron chi connectivity index (χ3n) is 2.97. The molecule has 0 spiro atoms. The first kappa shape index (κ1) is 21.8. The molecule has 1 rings (SSSR count). The Balaban J connectivity index is 0.00000254. The first-order chi connectivity index (χ1) is 11.5. The van der Waals surface area contributed by atoms with Gasteiger partial charge in [0, 0.05) is 0 Å². The van der Waals surface area contributed by atoms with Gasteiger partial charge in [-0.2, -0.15) is 0 Å². The van der Waals surface area contributed by atoms with Gasteiger partial charge in [0.2, 0.25) is 0 Å². The van der Waals surface area contributed by atoms with Crippen molar-refractivity contribution in [3.05, 3.63) is 53.1 Å². The monoisotopic (exact) mass is 333 g/mol. The summed E-state index contributed by atoms with van der Waals surface area (Å²) >= 11 is 0. The van der Waals surface area contributed by atoms with Crippen LogP contribution in [-0.2, 0) is 11.2 Å². The lowest BCUT2D eigenvalue weighted by Crippen LogP contribution is -2.24. The largest absolute Gasteiger partial charge is 0.496 e. The molecule has 0 saturated carbocycles. The highest BCUT2D eigenvalue weighted by molar-refractivity contribution is 5.97. The Morgan fingerprint density at radius 1 is 1.21 bits per heavy atom. The predicted octanol–water partition coefficient (Wildman–Crippen LogP) is 5.21. The highest BCUT2D eigenvalue weighted by Gasteiger charge is 2.14. The van der Waals surface area contributed by atoms with Crippen LogP contribution in [0.2, 0.25) is 0 Å². The van der Waals surface area contributed by atoms with E-state index in [1.165, 1.54) is 0 Å². The van der Waals surface area contributed by atoms with Gasteiger partial charge in [-0.05, 0) is 56.0 Å². The summed E-state index contributed by atoms with van der Waals surface area (Å²) in [5, 5.41) is 2.78. The number of methoxy groups -OCH3 is 1. The molecule has 1 aromatic carbocycles. The van der Waals surface area contributed by atoms with Gasteiger partial charge in [0.15, 0.2) is 5.88 Å². The van der Waals surface area contributed by atoms with E-state index in [2.05, 4.69) is 12.2 Å². The van der Waals surface area contributed by atoms with Crippen molar-refractivity contribution in [2.75, 3.05) is 7.11 Å². The maximum absolute atomic E-state index is 12.4. The average Bonchev–Trinajstić information content (AvgIpc) is 2.60. The van der Waals surface area contributed by atoms with Gasteiger partial charge in [-0.3, -0.25) is 10.1 Å². The molecule has 4 nitrogen and oxygen atoms in total. The van der Waals surface area contributed by atoms with Gasteiger partial charge in [0.25, 0.3) is 5.91 Å². The minimum Gasteiger partial charge on any atom is -0.496 e. The second kappa shape index (κ2) is 12.2. The Morgan fingerprint density at radius 2 is 1.88 bits per heavy atom. The van der Waals surface area contributed by atoms with Crippen LogP contribution in [0.1, 0.15) is 63.9 Å². The van der Waals surface area contributed by atoms with E-state index in [-0.39, 0.29) is 5.91 Å². The fourth-order valence-corrected chi connectivity index (χ4v) is 1.82. The number of benzene rings is 1. The maximum Gasteiger partial charge on any atom is 0.261 e. The number of aryl methyl sites for hydroxylation is 1. The summed E-state index contributed by atoms with van der Waals surface area (Å²) in [5.41, 5.74) is 2.63. The summed E-state index contributed by atoms with van der Waals surface area (Å²) in [5.74, 6) is 0.742. The van der Waals surface area contributed by atoms with Gasteiger partial charge < -0.3 is 9.47 Å². The van der Waals surface area contributed by atoms with Crippen molar-refractivity contribution in [3.8, 4) is 5.75 Å². The summed E-state index contributed by atoms with van der Waals surface area (Å²) in [6.07, 6.45) is 5.09. The van der Waals surface area contributed by atoms with E-state index in [9.17, 15) is 4.79 Å². The second-order valence-electron chi connectivity index (χ2n) is 5.13. The minimum absolute atomic E-state index is 0.249. The molecule has 0 aliphatic carbocycles. The molecule has 0 aliphatic heterocycles. The lowest BCUT2D eigenvalue weighted by molar-refractivity contribution is 0.0939. The molecule has 4 heteroatoms. The Kier molecular flexibility index (Phi) is 11.1. The van der Waals surface area contributed by atoms with Gasteiger partial charge in [0.1, 0.15) is 5.75 Å². The fourth-order valence-electron chi connectivity index (χ4n) is 1.82. The molecule has 0 unspecified atom stereocenters. The van der Waals surface area contributed by atoms with E-state index in [0.717, 1.165) is 24.0 Å². The Labute approximate surface area is 146 Å². The number of carbonyl (C=O) groups is 1. The van der Waals surface area contributed by atoms with Crippen LogP contribution in [-0.4, -0.2) is 13.0 Å². The maximum atomic E-state index is 12.4. The molecule has 24 heavy (non-hydrogen) atoms. The molecule has 1 aromatic rings. The smallest absolute Gasteiger partial charge is 0.261 e. The molecule has 134 valence electrons. The van der Waals surface area contributed by atoms with Gasteiger partial charge in [-0.25, -0.2) is 0 Å². The van der Waals surface area contributed by atoms with Crippen LogP contribution in [0.3, 0.4) is 0 Å². The summed E-state index contributed by atoms with van der Waals surface area (Å²) in [6, 6.07) is 5.59. The molecular formula is C20H31NO3. The highest BCUT2D eigenvalue weighted by Crippen LogP contribution is 2.21. The van der Waals surface area contributed by atoms with E-state index in [4.69, 9.17) is 9.47 Å². The molecule has 0 saturated heterocycles. The Morgan fingerprint density at radius 3 is 2.38 bits per heavy atom. The van der Waals surface area contributed by atoms with E-state index < -0.39 is 0 Å². The van der Waals surface area contributed by atoms with Crippen molar-refractivity contribution in [1.29, 1.82) is 0 Å². The van der Waals surface area contributed by atoms with Crippen LogP contribution in [0, 0.1) is 0 Å². The van der Waals surface area contributed by atoms with Gasteiger partial charge in [0.05, 0.1) is 18.9 Å². The Hall–Kier alpha value is -2.23. The normalized spacial score (nSPS) is 10.2. The topological polar surface area (TPSA) is 47.6 Å². The predicted molar refractivity (Wildman–Crippen MR) is 100 cm³/mol. The molecule has 0 heterocycles. The second-order valence-corrected chi connectivity index (χ2v) is 5.13. The summed E-state index contributed by atoms with van der Waals surface area (Å²) in [4.78, 5) is 12.4. The first-order valence-corrected chi connectivity index (χ1v) is 8.50. The standard InChI is InChI=1S/C18H25NO3.C2H6/c1-6-8-17(22-12-13(3)4)19-18(20)15-10-9-14(7-2)11-16(15)21-5;1-2/h8-12H,6-7H2,1-5H3,(H,19,20);1-2H3/b17-8+;. The molecule has 0 radical (unpaired) electrons. The molecular weight excluding hydrogens is 302 g/mol. The van der Waals surface area contributed by atoms with Crippen LogP contribution in [0.15, 0.2) is 42.0 Å². The van der Waals surface area contributed by atoms with Crippen molar-refractivity contribution in [2.45, 2.75) is 54.4 Å². The highest BCUT2D eigenvalue weighted by atomic mass is 16.5. The van der Waals surface area contributed by atoms with Crippen LogP contribution < -0.4 is 10.1 Å². The van der Waals surface area contributed by atoms with Gasteiger partial charge in [-0.15, -0.1) is 0 Å². The SMILES string of the molecule is CC.CC/C=C(\NC(=O)c1ccc(CC)cc1OC)OC=C(C)C. The number of ether oxygens (including phenoxy) is 2.